The van der Waals surface area contributed by atoms with Crippen molar-refractivity contribution in [1.82, 2.24) is 4.90 Å². The molecule has 2 aliphatic heterocycles. The molecule has 7 heteroatoms. The van der Waals surface area contributed by atoms with Crippen LogP contribution >= 0.6 is 0 Å². The monoisotopic (exact) mass is 465 g/mol. The molecule has 0 radical (unpaired) electrons. The van der Waals surface area contributed by atoms with Crippen molar-refractivity contribution < 1.29 is 28.2 Å². The van der Waals surface area contributed by atoms with Crippen LogP contribution in [-0.4, -0.2) is 43.5 Å². The third-order valence-corrected chi connectivity index (χ3v) is 7.15. The summed E-state index contributed by atoms with van der Waals surface area (Å²) in [6.07, 6.45) is 3.67. The van der Waals surface area contributed by atoms with Gasteiger partial charge in [0.2, 0.25) is 0 Å². The fourth-order valence-electron chi connectivity index (χ4n) is 5.43. The summed E-state index contributed by atoms with van der Waals surface area (Å²) in [5.41, 5.74) is 1.56. The van der Waals surface area contributed by atoms with Gasteiger partial charge in [0.1, 0.15) is 11.9 Å². The molecule has 0 spiro atoms. The maximum atomic E-state index is 15.0. The average Bonchev–Trinajstić information content (AvgIpc) is 3.14. The number of ether oxygens (including phenoxy) is 3. The number of benzene rings is 2. The van der Waals surface area contributed by atoms with Gasteiger partial charge in [0, 0.05) is 12.1 Å². The Labute approximate surface area is 198 Å². The van der Waals surface area contributed by atoms with Crippen LogP contribution in [0.15, 0.2) is 53.8 Å². The molecule has 6 nitrogen and oxygen atoms in total. The highest BCUT2D eigenvalue weighted by Gasteiger charge is 2.52. The molecule has 34 heavy (non-hydrogen) atoms. The quantitative estimate of drug-likeness (QED) is 0.634. The molecule has 178 valence electrons. The van der Waals surface area contributed by atoms with E-state index < -0.39 is 11.9 Å². The molecule has 2 aromatic rings. The summed E-state index contributed by atoms with van der Waals surface area (Å²) in [6.45, 7) is 0.298. The van der Waals surface area contributed by atoms with E-state index >= 15 is 0 Å². The third-order valence-electron chi connectivity index (χ3n) is 7.15. The van der Waals surface area contributed by atoms with Crippen molar-refractivity contribution in [3.05, 3.63) is 70.7 Å². The number of halogens is 1. The van der Waals surface area contributed by atoms with Gasteiger partial charge in [-0.25, -0.2) is 4.39 Å². The van der Waals surface area contributed by atoms with Gasteiger partial charge in [-0.3, -0.25) is 9.59 Å². The maximum absolute atomic E-state index is 15.0. The van der Waals surface area contributed by atoms with E-state index in [1.54, 1.807) is 37.3 Å². The summed E-state index contributed by atoms with van der Waals surface area (Å²) in [6, 6.07) is 11.1. The number of hydrogen-bond acceptors (Lipinski definition) is 5. The van der Waals surface area contributed by atoms with Gasteiger partial charge in [-0.1, -0.05) is 30.7 Å². The normalized spacial score (nSPS) is 24.0. The summed E-state index contributed by atoms with van der Waals surface area (Å²) in [7, 11) is 3.14. The lowest BCUT2D eigenvalue weighted by atomic mass is 9.77. The Morgan fingerprint density at radius 1 is 1.03 bits per heavy atom. The molecule has 1 aliphatic carbocycles. The molecule has 5 rings (SSSR count). The second-order valence-corrected chi connectivity index (χ2v) is 9.02. The molecule has 3 aliphatic rings. The molecule has 1 fully saturated rings. The fourth-order valence-corrected chi connectivity index (χ4v) is 5.43. The lowest BCUT2D eigenvalue weighted by Gasteiger charge is -2.35. The summed E-state index contributed by atoms with van der Waals surface area (Å²) < 4.78 is 31.8. The first-order chi connectivity index (χ1) is 16.5. The number of Topliss-reactive ketones (excluding diaryl/α,β-unsaturated/α-hetero) is 1. The number of amides is 1. The molecule has 2 aromatic carbocycles. The zero-order valence-corrected chi connectivity index (χ0v) is 19.4. The minimum atomic E-state index is -0.792. The number of fused-ring (bicyclic) bond motifs is 1. The Morgan fingerprint density at radius 3 is 2.56 bits per heavy atom. The zero-order chi connectivity index (χ0) is 23.8. The van der Waals surface area contributed by atoms with Crippen LogP contribution in [0, 0.1) is 11.7 Å². The molecular formula is C27H28FNO5. The Morgan fingerprint density at radius 2 is 1.79 bits per heavy atom. The lowest BCUT2D eigenvalue weighted by Crippen LogP contribution is -2.39. The number of nitrogens with zero attached hydrogens (tertiary/aromatic N) is 1. The van der Waals surface area contributed by atoms with E-state index in [0.717, 1.165) is 31.2 Å². The number of hydrogen-bond donors (Lipinski definition) is 0. The van der Waals surface area contributed by atoms with E-state index in [1.807, 2.05) is 18.2 Å². The highest BCUT2D eigenvalue weighted by molar-refractivity contribution is 6.11. The van der Waals surface area contributed by atoms with Crippen LogP contribution in [0.1, 0.15) is 42.9 Å². The molecule has 2 heterocycles. The van der Waals surface area contributed by atoms with Gasteiger partial charge in [-0.05, 0) is 49.4 Å². The number of ketones is 1. The minimum absolute atomic E-state index is 0.0684. The van der Waals surface area contributed by atoms with E-state index in [0.29, 0.717) is 35.6 Å². The van der Waals surface area contributed by atoms with Crippen LogP contribution in [0.5, 0.6) is 11.5 Å². The maximum Gasteiger partial charge on any atom is 0.290 e. The predicted octanol–water partition coefficient (Wildman–Crippen LogP) is 4.38. The number of methoxy groups -OCH3 is 2. The highest BCUT2D eigenvalue weighted by Crippen LogP contribution is 2.47. The van der Waals surface area contributed by atoms with Gasteiger partial charge in [0.15, 0.2) is 23.0 Å². The first-order valence-electron chi connectivity index (χ1n) is 11.7. The van der Waals surface area contributed by atoms with E-state index in [2.05, 4.69) is 0 Å². The van der Waals surface area contributed by atoms with Gasteiger partial charge in [-0.2, -0.15) is 0 Å². The summed E-state index contributed by atoms with van der Waals surface area (Å²) in [5.74, 6) is 0.199. The van der Waals surface area contributed by atoms with Gasteiger partial charge in [0.25, 0.3) is 5.91 Å². The fraction of sp³-hybridized carbons (Fsp3) is 0.407. The Bertz CT molecular complexity index is 1160. The van der Waals surface area contributed by atoms with Crippen molar-refractivity contribution in [3.63, 3.8) is 0 Å². The first kappa shape index (κ1) is 22.4. The van der Waals surface area contributed by atoms with Crippen LogP contribution in [0.4, 0.5) is 4.39 Å². The van der Waals surface area contributed by atoms with Gasteiger partial charge in [-0.15, -0.1) is 0 Å². The van der Waals surface area contributed by atoms with Crippen LogP contribution in [-0.2, 0) is 20.7 Å². The van der Waals surface area contributed by atoms with Crippen LogP contribution in [0.3, 0.4) is 0 Å². The van der Waals surface area contributed by atoms with Crippen LogP contribution < -0.4 is 9.47 Å². The van der Waals surface area contributed by atoms with Gasteiger partial charge in [0.05, 0.1) is 31.8 Å². The highest BCUT2D eigenvalue weighted by atomic mass is 19.1. The van der Waals surface area contributed by atoms with E-state index in [-0.39, 0.29) is 29.5 Å². The summed E-state index contributed by atoms with van der Waals surface area (Å²) in [5, 5.41) is 0. The van der Waals surface area contributed by atoms with Crippen molar-refractivity contribution in [2.75, 3.05) is 20.8 Å². The van der Waals surface area contributed by atoms with Crippen molar-refractivity contribution in [1.29, 1.82) is 0 Å². The van der Waals surface area contributed by atoms with Gasteiger partial charge >= 0.3 is 0 Å². The number of carbonyl (C=O) groups excluding carboxylic acids is 2. The number of carbonyl (C=O) groups is 2. The smallest absolute Gasteiger partial charge is 0.290 e. The summed E-state index contributed by atoms with van der Waals surface area (Å²) in [4.78, 5) is 28.7. The van der Waals surface area contributed by atoms with E-state index in [4.69, 9.17) is 14.2 Å². The zero-order valence-electron chi connectivity index (χ0n) is 19.4. The molecule has 3 unspecified atom stereocenters. The Kier molecular flexibility index (Phi) is 6.02. The van der Waals surface area contributed by atoms with Crippen molar-refractivity contribution in [2.45, 2.75) is 44.2 Å². The largest absolute Gasteiger partial charge is 0.493 e. The van der Waals surface area contributed by atoms with Crippen molar-refractivity contribution in [3.8, 4) is 11.5 Å². The minimum Gasteiger partial charge on any atom is -0.493 e. The van der Waals surface area contributed by atoms with Crippen LogP contribution in [0.2, 0.25) is 0 Å². The van der Waals surface area contributed by atoms with Crippen LogP contribution in [0.25, 0.3) is 0 Å². The second-order valence-electron chi connectivity index (χ2n) is 9.02. The molecule has 0 bridgehead atoms. The van der Waals surface area contributed by atoms with Gasteiger partial charge < -0.3 is 19.1 Å². The molecule has 1 saturated carbocycles. The molecule has 1 amide bonds. The topological polar surface area (TPSA) is 65.1 Å². The summed E-state index contributed by atoms with van der Waals surface area (Å²) >= 11 is 0. The SMILES string of the molecule is COc1ccc(CCN2C(=O)C3=C(C(=O)C4CCCCC4O3)C2c2ccccc2F)cc1OC. The first-order valence-corrected chi connectivity index (χ1v) is 11.7. The predicted molar refractivity (Wildman–Crippen MR) is 123 cm³/mol. The molecule has 0 aromatic heterocycles. The van der Waals surface area contributed by atoms with E-state index in [1.165, 1.54) is 6.07 Å². The lowest BCUT2D eigenvalue weighted by molar-refractivity contribution is -0.135. The molecule has 0 saturated heterocycles. The number of rotatable bonds is 6. The Balaban J connectivity index is 1.49. The molecular weight excluding hydrogens is 437 g/mol. The van der Waals surface area contributed by atoms with Crippen molar-refractivity contribution >= 4 is 11.7 Å². The average molecular weight is 466 g/mol. The second kappa shape index (κ2) is 9.12. The standard InChI is InChI=1S/C27H28FNO5/c1-32-21-12-11-16(15-22(21)33-2)13-14-29-24(17-7-3-5-9-19(17)28)23-25(30)18-8-4-6-10-20(18)34-26(23)27(29)31/h3,5,7,9,11-12,15,18,20,24H,4,6,8,10,13-14H2,1-2H3. The molecule has 3 atom stereocenters. The molecule has 0 N–H and O–H groups in total. The van der Waals surface area contributed by atoms with Crippen molar-refractivity contribution in [2.24, 2.45) is 5.92 Å². The van der Waals surface area contributed by atoms with E-state index in [9.17, 15) is 14.0 Å². The Hall–Kier alpha value is -3.35. The third kappa shape index (κ3) is 3.73.